The van der Waals surface area contributed by atoms with E-state index in [1.54, 1.807) is 12.3 Å². The molecule has 4 rings (SSSR count). The van der Waals surface area contributed by atoms with Gasteiger partial charge in [0.15, 0.2) is 0 Å². The van der Waals surface area contributed by atoms with Crippen molar-refractivity contribution in [2.75, 3.05) is 0 Å². The molecule has 0 aliphatic heterocycles. The molecule has 0 fully saturated rings. The maximum atomic E-state index is 14.2. The van der Waals surface area contributed by atoms with Crippen molar-refractivity contribution in [2.24, 2.45) is 5.73 Å². The number of hydrogen-bond acceptors (Lipinski definition) is 3. The average molecular weight is 400 g/mol. The molecular weight excluding hydrogens is 379 g/mol. The lowest BCUT2D eigenvalue weighted by Gasteiger charge is -2.12. The van der Waals surface area contributed by atoms with E-state index in [1.807, 2.05) is 54.1 Å². The first-order valence-corrected chi connectivity index (χ1v) is 9.49. The van der Waals surface area contributed by atoms with Crippen LogP contribution in [0.5, 0.6) is 0 Å². The Hall–Kier alpha value is -3.93. The van der Waals surface area contributed by atoms with Crippen molar-refractivity contribution in [3.8, 4) is 5.69 Å². The molecular formula is C24H21FN4O. The number of rotatable bonds is 6. The maximum Gasteiger partial charge on any atom is 0.248 e. The zero-order chi connectivity index (χ0) is 21.3. The third-order valence-electron chi connectivity index (χ3n) is 5.05. The molecule has 0 saturated carbocycles. The van der Waals surface area contributed by atoms with Gasteiger partial charge in [-0.2, -0.15) is 5.10 Å². The number of halogens is 1. The highest BCUT2D eigenvalue weighted by molar-refractivity contribution is 5.93. The predicted molar refractivity (Wildman–Crippen MR) is 117 cm³/mol. The van der Waals surface area contributed by atoms with E-state index in [2.05, 4.69) is 17.0 Å². The van der Waals surface area contributed by atoms with Crippen LogP contribution in [0.15, 0.2) is 73.4 Å². The van der Waals surface area contributed by atoms with E-state index < -0.39 is 11.7 Å². The second kappa shape index (κ2) is 7.83. The molecule has 1 heterocycles. The molecule has 30 heavy (non-hydrogen) atoms. The summed E-state index contributed by atoms with van der Waals surface area (Å²) in [5.41, 5.74) is 10.4. The van der Waals surface area contributed by atoms with Gasteiger partial charge in [-0.3, -0.25) is 4.79 Å². The van der Waals surface area contributed by atoms with E-state index in [0.717, 1.165) is 28.2 Å². The molecule has 0 radical (unpaired) electrons. The number of primary amides is 1. The highest BCUT2D eigenvalue weighted by atomic mass is 19.1. The van der Waals surface area contributed by atoms with Crippen LogP contribution in [-0.2, 0) is 6.54 Å². The number of nitrogens with two attached hydrogens (primary N) is 1. The molecule has 3 aromatic carbocycles. The van der Waals surface area contributed by atoms with Crippen molar-refractivity contribution in [3.63, 3.8) is 0 Å². The van der Waals surface area contributed by atoms with Crippen LogP contribution < -0.4 is 11.1 Å². The van der Waals surface area contributed by atoms with E-state index in [-0.39, 0.29) is 12.1 Å². The van der Waals surface area contributed by atoms with Gasteiger partial charge in [0.25, 0.3) is 0 Å². The first-order valence-electron chi connectivity index (χ1n) is 9.49. The molecule has 1 amide bonds. The van der Waals surface area contributed by atoms with Crippen LogP contribution in [0.1, 0.15) is 27.0 Å². The van der Waals surface area contributed by atoms with Crippen molar-refractivity contribution in [1.82, 2.24) is 15.1 Å². The Kier molecular flexibility index (Phi) is 5.06. The summed E-state index contributed by atoms with van der Waals surface area (Å²) in [5, 5.41) is 8.65. The fourth-order valence-electron chi connectivity index (χ4n) is 3.35. The summed E-state index contributed by atoms with van der Waals surface area (Å²) in [6.45, 7) is 6.39. The Labute approximate surface area is 173 Å². The summed E-state index contributed by atoms with van der Waals surface area (Å²) in [7, 11) is 0. The molecule has 4 aromatic rings. The Bertz CT molecular complexity index is 1260. The van der Waals surface area contributed by atoms with Crippen LogP contribution in [0.3, 0.4) is 0 Å². The van der Waals surface area contributed by atoms with E-state index in [1.165, 1.54) is 11.6 Å². The SMILES string of the molecule is C=C(NCc1ccc(C(N)=O)cc1F)c1cccc2c1cnn2-c1ccc(C)cc1. The lowest BCUT2D eigenvalue weighted by atomic mass is 10.1. The molecule has 5 nitrogen and oxygen atoms in total. The third-order valence-corrected chi connectivity index (χ3v) is 5.05. The number of amides is 1. The van der Waals surface area contributed by atoms with Crippen LogP contribution in [0.4, 0.5) is 4.39 Å². The minimum atomic E-state index is -0.657. The average Bonchev–Trinajstić information content (AvgIpc) is 3.17. The Morgan fingerprint density at radius 2 is 1.93 bits per heavy atom. The second-order valence-corrected chi connectivity index (χ2v) is 7.13. The van der Waals surface area contributed by atoms with E-state index >= 15 is 0 Å². The highest BCUT2D eigenvalue weighted by Gasteiger charge is 2.12. The lowest BCUT2D eigenvalue weighted by Crippen LogP contribution is -2.14. The summed E-state index contributed by atoms with van der Waals surface area (Å²) in [6, 6.07) is 18.2. The Balaban J connectivity index is 1.58. The second-order valence-electron chi connectivity index (χ2n) is 7.13. The highest BCUT2D eigenvalue weighted by Crippen LogP contribution is 2.25. The molecule has 0 atom stereocenters. The van der Waals surface area contributed by atoms with Crippen LogP contribution in [0.2, 0.25) is 0 Å². The molecule has 0 unspecified atom stereocenters. The molecule has 150 valence electrons. The van der Waals surface area contributed by atoms with Crippen LogP contribution in [0, 0.1) is 12.7 Å². The van der Waals surface area contributed by atoms with Gasteiger partial charge in [-0.15, -0.1) is 0 Å². The Morgan fingerprint density at radius 1 is 1.17 bits per heavy atom. The predicted octanol–water partition coefficient (Wildman–Crippen LogP) is 4.33. The number of aryl methyl sites for hydroxylation is 1. The van der Waals surface area contributed by atoms with Crippen molar-refractivity contribution in [1.29, 1.82) is 0 Å². The third kappa shape index (κ3) is 3.67. The number of hydrogen-bond donors (Lipinski definition) is 2. The smallest absolute Gasteiger partial charge is 0.248 e. The van der Waals surface area contributed by atoms with Crippen LogP contribution in [-0.4, -0.2) is 15.7 Å². The van der Waals surface area contributed by atoms with Crippen molar-refractivity contribution < 1.29 is 9.18 Å². The molecule has 0 aliphatic rings. The zero-order valence-corrected chi connectivity index (χ0v) is 16.5. The van der Waals surface area contributed by atoms with Gasteiger partial charge in [0.1, 0.15) is 5.82 Å². The first kappa shape index (κ1) is 19.4. The van der Waals surface area contributed by atoms with Crippen molar-refractivity contribution >= 4 is 22.5 Å². The van der Waals surface area contributed by atoms with Crippen LogP contribution in [0.25, 0.3) is 22.3 Å². The van der Waals surface area contributed by atoms with Gasteiger partial charge in [-0.25, -0.2) is 9.07 Å². The Morgan fingerprint density at radius 3 is 2.63 bits per heavy atom. The maximum absolute atomic E-state index is 14.2. The fraction of sp³-hybridized carbons (Fsp3) is 0.0833. The van der Waals surface area contributed by atoms with Gasteiger partial charge >= 0.3 is 0 Å². The number of fused-ring (bicyclic) bond motifs is 1. The van der Waals surface area contributed by atoms with Gasteiger partial charge in [-0.05, 0) is 37.3 Å². The summed E-state index contributed by atoms with van der Waals surface area (Å²) < 4.78 is 16.1. The summed E-state index contributed by atoms with van der Waals surface area (Å²) >= 11 is 0. The normalized spacial score (nSPS) is 10.9. The number of carbonyl (C=O) groups is 1. The number of nitrogens with one attached hydrogen (secondary N) is 1. The molecule has 0 aliphatic carbocycles. The number of aromatic nitrogens is 2. The van der Waals surface area contributed by atoms with Gasteiger partial charge in [0.2, 0.25) is 5.91 Å². The number of carbonyl (C=O) groups excluding carboxylic acids is 1. The monoisotopic (exact) mass is 400 g/mol. The number of nitrogens with zero attached hydrogens (tertiary/aromatic N) is 2. The number of benzene rings is 3. The fourth-order valence-corrected chi connectivity index (χ4v) is 3.35. The summed E-state index contributed by atoms with van der Waals surface area (Å²) in [5.74, 6) is -1.15. The minimum Gasteiger partial charge on any atom is -0.381 e. The zero-order valence-electron chi connectivity index (χ0n) is 16.5. The molecule has 0 bridgehead atoms. The van der Waals surface area contributed by atoms with Gasteiger partial charge in [0.05, 0.1) is 17.4 Å². The molecule has 1 aromatic heterocycles. The first-order chi connectivity index (χ1) is 14.4. The van der Waals surface area contributed by atoms with E-state index in [4.69, 9.17) is 5.73 Å². The molecule has 6 heteroatoms. The van der Waals surface area contributed by atoms with Crippen LogP contribution >= 0.6 is 0 Å². The van der Waals surface area contributed by atoms with E-state index in [0.29, 0.717) is 11.3 Å². The molecule has 0 saturated heterocycles. The molecule has 0 spiro atoms. The minimum absolute atomic E-state index is 0.142. The topological polar surface area (TPSA) is 72.9 Å². The van der Waals surface area contributed by atoms with Crippen molar-refractivity contribution in [2.45, 2.75) is 13.5 Å². The summed E-state index contributed by atoms with van der Waals surface area (Å²) in [4.78, 5) is 11.2. The van der Waals surface area contributed by atoms with Gasteiger partial charge < -0.3 is 11.1 Å². The molecule has 3 N–H and O–H groups in total. The quantitative estimate of drug-likeness (QED) is 0.506. The van der Waals surface area contributed by atoms with Crippen molar-refractivity contribution in [3.05, 3.63) is 102 Å². The largest absolute Gasteiger partial charge is 0.381 e. The lowest BCUT2D eigenvalue weighted by molar-refractivity contribution is 0.1000. The van der Waals surface area contributed by atoms with Gasteiger partial charge in [-0.1, -0.05) is 42.5 Å². The van der Waals surface area contributed by atoms with E-state index in [9.17, 15) is 9.18 Å². The van der Waals surface area contributed by atoms with Gasteiger partial charge in [0, 0.05) is 34.3 Å². The summed E-state index contributed by atoms with van der Waals surface area (Å²) in [6.07, 6.45) is 1.81. The standard InChI is InChI=1S/C24H21FN4O/c1-15-6-10-19(11-7-15)29-23-5-3-4-20(21(23)14-28-29)16(2)27-13-18-9-8-17(24(26)30)12-22(18)25/h3-12,14,27H,2,13H2,1H3,(H2,26,30).